The van der Waals surface area contributed by atoms with Crippen LogP contribution in [0.25, 0.3) is 0 Å². The molecule has 2 N–H and O–H groups in total. The monoisotopic (exact) mass is 242 g/mol. The lowest BCUT2D eigenvalue weighted by Crippen LogP contribution is -2.26. The Bertz CT molecular complexity index is 291. The van der Waals surface area contributed by atoms with Crippen LogP contribution in [0.2, 0.25) is 0 Å². The second-order valence-corrected chi connectivity index (χ2v) is 5.10. The summed E-state index contributed by atoms with van der Waals surface area (Å²) in [5, 5.41) is 0. The first-order valence-corrected chi connectivity index (χ1v) is 5.07. The van der Waals surface area contributed by atoms with Crippen molar-refractivity contribution in [2.75, 3.05) is 0 Å². The summed E-state index contributed by atoms with van der Waals surface area (Å²) in [7, 11) is 0. The zero-order valence-corrected chi connectivity index (χ0v) is 9.80. The fourth-order valence-electron chi connectivity index (χ4n) is 1.10. The Hall–Kier alpha value is -0.410. The van der Waals surface area contributed by atoms with Gasteiger partial charge in [0.05, 0.1) is 0 Å². The molecule has 0 aliphatic heterocycles. The van der Waals surface area contributed by atoms with Crippen LogP contribution in [0.5, 0.6) is 0 Å². The molecule has 1 atom stereocenters. The van der Waals surface area contributed by atoms with Crippen LogP contribution in [-0.2, 0) is 0 Å². The van der Waals surface area contributed by atoms with E-state index in [4.69, 9.17) is 5.73 Å². The summed E-state index contributed by atoms with van der Waals surface area (Å²) in [4.78, 5) is 4.01. The van der Waals surface area contributed by atoms with Crippen molar-refractivity contribution in [2.45, 2.75) is 26.8 Å². The number of aromatic nitrogens is 1. The van der Waals surface area contributed by atoms with Gasteiger partial charge in [0.2, 0.25) is 0 Å². The Morgan fingerprint density at radius 3 is 2.54 bits per heavy atom. The topological polar surface area (TPSA) is 38.9 Å². The number of hydrogen-bond acceptors (Lipinski definition) is 2. The molecule has 0 unspecified atom stereocenters. The minimum Gasteiger partial charge on any atom is -0.323 e. The first-order valence-electron chi connectivity index (χ1n) is 4.28. The molecule has 1 heterocycles. The van der Waals surface area contributed by atoms with Crippen molar-refractivity contribution in [1.29, 1.82) is 0 Å². The van der Waals surface area contributed by atoms with Crippen molar-refractivity contribution in [2.24, 2.45) is 11.1 Å². The lowest BCUT2D eigenvalue weighted by molar-refractivity contribution is 0.326. The van der Waals surface area contributed by atoms with Crippen molar-refractivity contribution in [1.82, 2.24) is 4.98 Å². The standard InChI is InChI=1S/C10H15BrN2/c1-10(2,3)9(12)7-4-5-13-6-8(7)11/h4-6,9H,12H2,1-3H3/t9-/m0/s1. The average Bonchev–Trinajstić information content (AvgIpc) is 2.02. The minimum atomic E-state index is 0.0323. The molecule has 0 aromatic carbocycles. The second-order valence-electron chi connectivity index (χ2n) is 4.24. The molecule has 0 saturated heterocycles. The average molecular weight is 243 g/mol. The van der Waals surface area contributed by atoms with E-state index in [1.807, 2.05) is 6.07 Å². The van der Waals surface area contributed by atoms with E-state index in [2.05, 4.69) is 41.7 Å². The van der Waals surface area contributed by atoms with Crippen LogP contribution in [0.3, 0.4) is 0 Å². The van der Waals surface area contributed by atoms with Gasteiger partial charge >= 0.3 is 0 Å². The Morgan fingerprint density at radius 1 is 1.46 bits per heavy atom. The first-order chi connectivity index (χ1) is 5.93. The SMILES string of the molecule is CC(C)(C)[C@@H](N)c1ccncc1Br. The normalized spacial score (nSPS) is 14.2. The fraction of sp³-hybridized carbons (Fsp3) is 0.500. The molecule has 2 nitrogen and oxygen atoms in total. The number of nitrogens with two attached hydrogens (primary N) is 1. The van der Waals surface area contributed by atoms with Gasteiger partial charge in [-0.05, 0) is 33.0 Å². The molecule has 1 aromatic heterocycles. The van der Waals surface area contributed by atoms with Crippen LogP contribution in [0.1, 0.15) is 32.4 Å². The van der Waals surface area contributed by atoms with Crippen molar-refractivity contribution < 1.29 is 0 Å². The van der Waals surface area contributed by atoms with E-state index in [0.717, 1.165) is 10.0 Å². The largest absolute Gasteiger partial charge is 0.323 e. The number of rotatable bonds is 1. The van der Waals surface area contributed by atoms with Crippen LogP contribution in [0.15, 0.2) is 22.9 Å². The maximum atomic E-state index is 6.12. The molecule has 0 fully saturated rings. The van der Waals surface area contributed by atoms with E-state index in [9.17, 15) is 0 Å². The molecule has 0 amide bonds. The van der Waals surface area contributed by atoms with E-state index in [-0.39, 0.29) is 11.5 Å². The van der Waals surface area contributed by atoms with Gasteiger partial charge < -0.3 is 5.73 Å². The Kier molecular flexibility index (Phi) is 3.09. The number of pyridine rings is 1. The molecule has 0 saturated carbocycles. The maximum absolute atomic E-state index is 6.12. The molecule has 1 rings (SSSR count). The quantitative estimate of drug-likeness (QED) is 0.823. The van der Waals surface area contributed by atoms with Gasteiger partial charge in [-0.2, -0.15) is 0 Å². The van der Waals surface area contributed by atoms with E-state index in [1.165, 1.54) is 0 Å². The highest BCUT2D eigenvalue weighted by molar-refractivity contribution is 9.10. The van der Waals surface area contributed by atoms with Crippen LogP contribution < -0.4 is 5.73 Å². The number of nitrogens with zero attached hydrogens (tertiary/aromatic N) is 1. The molecule has 0 radical (unpaired) electrons. The fourth-order valence-corrected chi connectivity index (χ4v) is 1.60. The molecular formula is C10H15BrN2. The highest BCUT2D eigenvalue weighted by atomic mass is 79.9. The summed E-state index contributed by atoms with van der Waals surface area (Å²) >= 11 is 3.45. The molecule has 0 bridgehead atoms. The summed E-state index contributed by atoms with van der Waals surface area (Å²) in [5.74, 6) is 0. The van der Waals surface area contributed by atoms with Crippen molar-refractivity contribution in [3.8, 4) is 0 Å². The third-order valence-corrected chi connectivity index (χ3v) is 2.73. The van der Waals surface area contributed by atoms with Gasteiger partial charge in [-0.3, -0.25) is 4.98 Å². The molecule has 0 aliphatic rings. The second kappa shape index (κ2) is 3.76. The van der Waals surface area contributed by atoms with E-state index in [0.29, 0.717) is 0 Å². The van der Waals surface area contributed by atoms with Crippen LogP contribution in [0.4, 0.5) is 0 Å². The van der Waals surface area contributed by atoms with Crippen LogP contribution in [-0.4, -0.2) is 4.98 Å². The predicted octanol–water partition coefficient (Wildman–Crippen LogP) is 2.89. The van der Waals surface area contributed by atoms with E-state index >= 15 is 0 Å². The zero-order chi connectivity index (χ0) is 10.1. The third kappa shape index (κ3) is 2.51. The maximum Gasteiger partial charge on any atom is 0.0413 e. The van der Waals surface area contributed by atoms with Crippen LogP contribution >= 0.6 is 15.9 Å². The Balaban J connectivity index is 3.02. The summed E-state index contributed by atoms with van der Waals surface area (Å²) in [6, 6.07) is 1.99. The van der Waals surface area contributed by atoms with Crippen molar-refractivity contribution in [3.05, 3.63) is 28.5 Å². The highest BCUT2D eigenvalue weighted by Gasteiger charge is 2.23. The van der Waals surface area contributed by atoms with E-state index in [1.54, 1.807) is 12.4 Å². The van der Waals surface area contributed by atoms with Gasteiger partial charge in [0.25, 0.3) is 0 Å². The molecule has 13 heavy (non-hydrogen) atoms. The third-order valence-electron chi connectivity index (χ3n) is 2.07. The molecule has 0 spiro atoms. The number of halogens is 1. The molecule has 1 aromatic rings. The van der Waals surface area contributed by atoms with Crippen LogP contribution in [0, 0.1) is 5.41 Å². The summed E-state index contributed by atoms with van der Waals surface area (Å²) in [5.41, 5.74) is 7.30. The van der Waals surface area contributed by atoms with Gasteiger partial charge in [0.15, 0.2) is 0 Å². The van der Waals surface area contributed by atoms with Gasteiger partial charge in [0, 0.05) is 22.9 Å². The summed E-state index contributed by atoms with van der Waals surface area (Å²) in [6.07, 6.45) is 3.55. The van der Waals surface area contributed by atoms with Crippen molar-refractivity contribution >= 4 is 15.9 Å². The van der Waals surface area contributed by atoms with E-state index < -0.39 is 0 Å². The lowest BCUT2D eigenvalue weighted by atomic mass is 9.83. The first kappa shape index (κ1) is 10.7. The zero-order valence-electron chi connectivity index (χ0n) is 8.21. The van der Waals surface area contributed by atoms with Gasteiger partial charge in [-0.25, -0.2) is 0 Å². The Labute approximate surface area is 87.7 Å². The highest BCUT2D eigenvalue weighted by Crippen LogP contribution is 2.33. The molecule has 0 aliphatic carbocycles. The van der Waals surface area contributed by atoms with Crippen molar-refractivity contribution in [3.63, 3.8) is 0 Å². The summed E-state index contributed by atoms with van der Waals surface area (Å²) < 4.78 is 0.984. The summed E-state index contributed by atoms with van der Waals surface area (Å²) in [6.45, 7) is 6.39. The van der Waals surface area contributed by atoms with Gasteiger partial charge in [-0.15, -0.1) is 0 Å². The smallest absolute Gasteiger partial charge is 0.0413 e. The molecule has 72 valence electrons. The predicted molar refractivity (Wildman–Crippen MR) is 58.3 cm³/mol. The molecular weight excluding hydrogens is 228 g/mol. The number of hydrogen-bond donors (Lipinski definition) is 1. The minimum absolute atomic E-state index is 0.0323. The van der Waals surface area contributed by atoms with Gasteiger partial charge in [-0.1, -0.05) is 20.8 Å². The molecule has 3 heteroatoms. The van der Waals surface area contributed by atoms with Gasteiger partial charge in [0.1, 0.15) is 0 Å². The Morgan fingerprint density at radius 2 is 2.08 bits per heavy atom. The lowest BCUT2D eigenvalue weighted by Gasteiger charge is -2.27.